The number of hydrogen-bond donors (Lipinski definition) is 4. The SMILES string of the molecule is O=C(O)CCC/C=C\C[C@@H]1[C@@H](CC[C@@H](O)CCc2cccc(C(F)(F)F)c2)[C@H](O)C[C@@H]1O. The lowest BCUT2D eigenvalue weighted by atomic mass is 9.85. The molecule has 0 aromatic heterocycles. The Bertz CT molecular complexity index is 749. The Kier molecular flexibility index (Phi) is 10.2. The van der Waals surface area contributed by atoms with Crippen molar-refractivity contribution in [2.45, 2.75) is 82.3 Å². The predicted molar refractivity (Wildman–Crippen MR) is 114 cm³/mol. The number of hydrogen-bond acceptors (Lipinski definition) is 4. The van der Waals surface area contributed by atoms with Crippen LogP contribution in [-0.2, 0) is 17.4 Å². The largest absolute Gasteiger partial charge is 0.481 e. The molecule has 0 bridgehead atoms. The van der Waals surface area contributed by atoms with Crippen LogP contribution in [0, 0.1) is 11.8 Å². The molecule has 4 N–H and O–H groups in total. The van der Waals surface area contributed by atoms with Crippen LogP contribution in [0.3, 0.4) is 0 Å². The van der Waals surface area contributed by atoms with Crippen LogP contribution in [0.25, 0.3) is 0 Å². The number of rotatable bonds is 12. The van der Waals surface area contributed by atoms with Gasteiger partial charge in [-0.15, -0.1) is 0 Å². The molecular formula is C24H33F3O5. The topological polar surface area (TPSA) is 98.0 Å². The van der Waals surface area contributed by atoms with Gasteiger partial charge >= 0.3 is 12.1 Å². The van der Waals surface area contributed by atoms with E-state index in [0.717, 1.165) is 12.1 Å². The number of allylic oxidation sites excluding steroid dienone is 2. The first-order valence-electron chi connectivity index (χ1n) is 11.1. The number of aliphatic hydroxyl groups excluding tert-OH is 3. The first kappa shape index (κ1) is 26.4. The molecule has 180 valence electrons. The van der Waals surface area contributed by atoms with E-state index in [4.69, 9.17) is 5.11 Å². The van der Waals surface area contributed by atoms with E-state index in [9.17, 15) is 33.3 Å². The van der Waals surface area contributed by atoms with E-state index in [2.05, 4.69) is 0 Å². The second-order valence-electron chi connectivity index (χ2n) is 8.66. The van der Waals surface area contributed by atoms with Crippen molar-refractivity contribution in [2.24, 2.45) is 11.8 Å². The van der Waals surface area contributed by atoms with Gasteiger partial charge in [-0.05, 0) is 74.8 Å². The molecule has 5 nitrogen and oxygen atoms in total. The number of carboxylic acid groups (broad SMARTS) is 1. The number of halogens is 3. The quantitative estimate of drug-likeness (QED) is 0.276. The average Bonchev–Trinajstić information content (AvgIpc) is 2.99. The molecule has 0 heterocycles. The molecular weight excluding hydrogens is 425 g/mol. The summed E-state index contributed by atoms with van der Waals surface area (Å²) in [5, 5.41) is 39.6. The fraction of sp³-hybridized carbons (Fsp3) is 0.625. The Morgan fingerprint density at radius 1 is 1.12 bits per heavy atom. The lowest BCUT2D eigenvalue weighted by Crippen LogP contribution is -2.23. The van der Waals surface area contributed by atoms with Crippen molar-refractivity contribution in [3.63, 3.8) is 0 Å². The van der Waals surface area contributed by atoms with Gasteiger partial charge in [0.15, 0.2) is 0 Å². The zero-order valence-corrected chi connectivity index (χ0v) is 18.0. The Morgan fingerprint density at radius 2 is 1.84 bits per heavy atom. The second-order valence-corrected chi connectivity index (χ2v) is 8.66. The molecule has 0 unspecified atom stereocenters. The first-order valence-corrected chi connectivity index (χ1v) is 11.1. The standard InChI is InChI=1S/C24H33F3O5/c25-24(26,27)17-7-5-6-16(14-17)10-11-18(28)12-13-20-19(21(29)15-22(20)30)8-3-1-2-4-9-23(31)32/h1,3,5-7,14,18-22,28-30H,2,4,8-13,15H2,(H,31,32)/b3-1-/t18-,19+,20+,21-,22+/m0/s1. The number of unbranched alkanes of at least 4 members (excludes halogenated alkanes) is 1. The van der Waals surface area contributed by atoms with Crippen LogP contribution in [-0.4, -0.2) is 44.7 Å². The molecule has 1 fully saturated rings. The highest BCUT2D eigenvalue weighted by atomic mass is 19.4. The minimum atomic E-state index is -4.40. The fourth-order valence-corrected chi connectivity index (χ4v) is 4.41. The highest BCUT2D eigenvalue weighted by Gasteiger charge is 2.40. The van der Waals surface area contributed by atoms with Crippen LogP contribution in [0.2, 0.25) is 0 Å². The average molecular weight is 459 g/mol. The van der Waals surface area contributed by atoms with Crippen molar-refractivity contribution in [3.05, 3.63) is 47.5 Å². The lowest BCUT2D eigenvalue weighted by Gasteiger charge is -2.23. The summed E-state index contributed by atoms with van der Waals surface area (Å²) in [7, 11) is 0. The van der Waals surface area contributed by atoms with Crippen LogP contribution >= 0.6 is 0 Å². The van der Waals surface area contributed by atoms with Crippen LogP contribution < -0.4 is 0 Å². The first-order chi connectivity index (χ1) is 15.1. The number of aryl methyl sites for hydroxylation is 1. The van der Waals surface area contributed by atoms with Gasteiger partial charge in [0, 0.05) is 6.42 Å². The van der Waals surface area contributed by atoms with Gasteiger partial charge < -0.3 is 20.4 Å². The summed E-state index contributed by atoms with van der Waals surface area (Å²) in [6, 6.07) is 5.09. The highest BCUT2D eigenvalue weighted by Crippen LogP contribution is 2.38. The molecule has 32 heavy (non-hydrogen) atoms. The zero-order valence-electron chi connectivity index (χ0n) is 18.0. The molecule has 1 aromatic rings. The number of aliphatic hydroxyl groups is 3. The van der Waals surface area contributed by atoms with Crippen molar-refractivity contribution < 1.29 is 38.4 Å². The van der Waals surface area contributed by atoms with E-state index in [1.807, 2.05) is 12.2 Å². The maximum Gasteiger partial charge on any atom is 0.416 e. The molecule has 0 saturated heterocycles. The van der Waals surface area contributed by atoms with E-state index in [1.54, 1.807) is 6.07 Å². The molecule has 1 saturated carbocycles. The van der Waals surface area contributed by atoms with Crippen molar-refractivity contribution in [2.75, 3.05) is 0 Å². The van der Waals surface area contributed by atoms with Gasteiger partial charge in [0.05, 0.1) is 23.9 Å². The van der Waals surface area contributed by atoms with Crippen LogP contribution in [0.4, 0.5) is 13.2 Å². The van der Waals surface area contributed by atoms with Crippen LogP contribution in [0.5, 0.6) is 0 Å². The Balaban J connectivity index is 1.80. The molecule has 5 atom stereocenters. The molecule has 2 rings (SSSR count). The molecule has 0 amide bonds. The minimum absolute atomic E-state index is 0.107. The lowest BCUT2D eigenvalue weighted by molar-refractivity contribution is -0.138. The highest BCUT2D eigenvalue weighted by molar-refractivity contribution is 5.66. The summed E-state index contributed by atoms with van der Waals surface area (Å²) in [4.78, 5) is 10.5. The van der Waals surface area contributed by atoms with Gasteiger partial charge in [-0.1, -0.05) is 30.4 Å². The monoisotopic (exact) mass is 458 g/mol. The van der Waals surface area contributed by atoms with E-state index in [1.165, 1.54) is 6.07 Å². The number of carboxylic acids is 1. The van der Waals surface area contributed by atoms with Gasteiger partial charge in [-0.25, -0.2) is 0 Å². The van der Waals surface area contributed by atoms with E-state index >= 15 is 0 Å². The van der Waals surface area contributed by atoms with E-state index in [0.29, 0.717) is 50.5 Å². The molecule has 1 aliphatic carbocycles. The number of carbonyl (C=O) groups is 1. The Morgan fingerprint density at radius 3 is 2.53 bits per heavy atom. The normalized spacial score (nSPS) is 24.8. The van der Waals surface area contributed by atoms with Crippen LogP contribution in [0.1, 0.15) is 62.5 Å². The van der Waals surface area contributed by atoms with E-state index < -0.39 is 36.0 Å². The van der Waals surface area contributed by atoms with E-state index in [-0.39, 0.29) is 24.7 Å². The van der Waals surface area contributed by atoms with Crippen molar-refractivity contribution >= 4 is 5.97 Å². The zero-order chi connectivity index (χ0) is 23.7. The van der Waals surface area contributed by atoms with Gasteiger partial charge in [0.25, 0.3) is 0 Å². The summed E-state index contributed by atoms with van der Waals surface area (Å²) >= 11 is 0. The number of aliphatic carboxylic acids is 1. The summed E-state index contributed by atoms with van der Waals surface area (Å²) in [5.74, 6) is -1.15. The molecule has 1 aliphatic rings. The summed E-state index contributed by atoms with van der Waals surface area (Å²) in [6.07, 6.45) is 1.08. The van der Waals surface area contributed by atoms with Crippen molar-refractivity contribution in [1.29, 1.82) is 0 Å². The summed E-state index contributed by atoms with van der Waals surface area (Å²) in [5.41, 5.74) is -0.187. The summed E-state index contributed by atoms with van der Waals surface area (Å²) < 4.78 is 38.5. The Hall–Kier alpha value is -1.90. The van der Waals surface area contributed by atoms with Gasteiger partial charge in [-0.2, -0.15) is 13.2 Å². The molecule has 0 aliphatic heterocycles. The smallest absolute Gasteiger partial charge is 0.416 e. The number of benzene rings is 1. The maximum atomic E-state index is 12.8. The Labute approximate surface area is 186 Å². The van der Waals surface area contributed by atoms with Gasteiger partial charge in [0.1, 0.15) is 0 Å². The molecule has 0 radical (unpaired) electrons. The fourth-order valence-electron chi connectivity index (χ4n) is 4.41. The third-order valence-electron chi connectivity index (χ3n) is 6.21. The second kappa shape index (κ2) is 12.4. The minimum Gasteiger partial charge on any atom is -0.481 e. The third-order valence-corrected chi connectivity index (χ3v) is 6.21. The van der Waals surface area contributed by atoms with Gasteiger partial charge in [0.2, 0.25) is 0 Å². The number of alkyl halides is 3. The van der Waals surface area contributed by atoms with Crippen molar-refractivity contribution in [3.8, 4) is 0 Å². The van der Waals surface area contributed by atoms with Crippen molar-refractivity contribution in [1.82, 2.24) is 0 Å². The molecule has 0 spiro atoms. The molecule has 8 heteroatoms. The summed E-state index contributed by atoms with van der Waals surface area (Å²) in [6.45, 7) is 0. The maximum absolute atomic E-state index is 12.8. The molecule has 1 aromatic carbocycles. The van der Waals surface area contributed by atoms with Gasteiger partial charge in [-0.3, -0.25) is 4.79 Å². The van der Waals surface area contributed by atoms with Crippen LogP contribution in [0.15, 0.2) is 36.4 Å². The third kappa shape index (κ3) is 8.56. The predicted octanol–water partition coefficient (Wildman–Crippen LogP) is 4.34.